The molecule has 0 aliphatic heterocycles. The summed E-state index contributed by atoms with van der Waals surface area (Å²) in [5.41, 5.74) is 3.02. The number of ether oxygens (including phenoxy) is 1. The zero-order valence-corrected chi connectivity index (χ0v) is 17.9. The smallest absolute Gasteiger partial charge is 0.265 e. The van der Waals surface area contributed by atoms with E-state index in [2.05, 4.69) is 10.6 Å². The Kier molecular flexibility index (Phi) is 7.82. The van der Waals surface area contributed by atoms with E-state index < -0.39 is 6.10 Å². The summed E-state index contributed by atoms with van der Waals surface area (Å²) in [7, 11) is 0. The Balaban J connectivity index is 1.64. The van der Waals surface area contributed by atoms with Gasteiger partial charge in [-0.05, 0) is 49.1 Å². The summed E-state index contributed by atoms with van der Waals surface area (Å²) in [6.07, 6.45) is 0.588. The maximum Gasteiger partial charge on any atom is 0.265 e. The first-order chi connectivity index (χ1) is 15.1. The summed E-state index contributed by atoms with van der Waals surface area (Å²) in [6.45, 7) is 4.35. The number of hydrogen-bond acceptors (Lipinski definition) is 3. The predicted octanol–water partition coefficient (Wildman–Crippen LogP) is 4.76. The molecule has 0 aliphatic rings. The molecule has 0 aromatic heterocycles. The van der Waals surface area contributed by atoms with Crippen molar-refractivity contribution in [3.8, 4) is 5.75 Å². The van der Waals surface area contributed by atoms with Crippen LogP contribution >= 0.6 is 0 Å². The Morgan fingerprint density at radius 2 is 1.58 bits per heavy atom. The van der Waals surface area contributed by atoms with Gasteiger partial charge in [0.25, 0.3) is 11.8 Å². The Labute approximate surface area is 183 Å². The fraction of sp³-hybridized carbons (Fsp3) is 0.231. The number of aryl methyl sites for hydroxylation is 1. The largest absolute Gasteiger partial charge is 0.480 e. The van der Waals surface area contributed by atoms with Crippen LogP contribution in [0.1, 0.15) is 34.8 Å². The lowest BCUT2D eigenvalue weighted by atomic mass is 10.1. The van der Waals surface area contributed by atoms with E-state index >= 15 is 0 Å². The lowest BCUT2D eigenvalue weighted by Crippen LogP contribution is -2.34. The van der Waals surface area contributed by atoms with Crippen LogP contribution in [0.15, 0.2) is 78.9 Å². The van der Waals surface area contributed by atoms with E-state index in [-0.39, 0.29) is 11.8 Å². The van der Waals surface area contributed by atoms with E-state index in [1.54, 1.807) is 24.3 Å². The summed E-state index contributed by atoms with van der Waals surface area (Å²) >= 11 is 0. The molecule has 1 atom stereocenters. The fourth-order valence-electron chi connectivity index (χ4n) is 3.23. The monoisotopic (exact) mass is 416 g/mol. The second-order valence-corrected chi connectivity index (χ2v) is 7.31. The van der Waals surface area contributed by atoms with Gasteiger partial charge in [0, 0.05) is 6.54 Å². The molecule has 2 amide bonds. The van der Waals surface area contributed by atoms with Crippen LogP contribution in [0.3, 0.4) is 0 Å². The number of anilines is 1. The number of amides is 2. The highest BCUT2D eigenvalue weighted by atomic mass is 16.5. The van der Waals surface area contributed by atoms with Gasteiger partial charge >= 0.3 is 0 Å². The number of hydrogen-bond donors (Lipinski definition) is 2. The number of rotatable bonds is 9. The van der Waals surface area contributed by atoms with Crippen LogP contribution in [-0.2, 0) is 11.2 Å². The van der Waals surface area contributed by atoms with Gasteiger partial charge in [-0.3, -0.25) is 9.59 Å². The quantitative estimate of drug-likeness (QED) is 0.528. The second kappa shape index (κ2) is 11.0. The SMILES string of the molecule is CC[C@H](Oc1ccccc1C)C(=O)Nc1ccccc1C(=O)NCCc1ccccc1. The van der Waals surface area contributed by atoms with Gasteiger partial charge < -0.3 is 15.4 Å². The molecule has 2 N–H and O–H groups in total. The lowest BCUT2D eigenvalue weighted by Gasteiger charge is -2.19. The van der Waals surface area contributed by atoms with Crippen molar-refractivity contribution < 1.29 is 14.3 Å². The first-order valence-electron chi connectivity index (χ1n) is 10.5. The van der Waals surface area contributed by atoms with E-state index in [1.165, 1.54) is 0 Å². The summed E-state index contributed by atoms with van der Waals surface area (Å²) in [6, 6.07) is 24.6. The molecule has 5 nitrogen and oxygen atoms in total. The average molecular weight is 417 g/mol. The van der Waals surface area contributed by atoms with Gasteiger partial charge in [-0.15, -0.1) is 0 Å². The van der Waals surface area contributed by atoms with Crippen molar-refractivity contribution in [2.24, 2.45) is 0 Å². The molecule has 0 heterocycles. The van der Waals surface area contributed by atoms with E-state index in [4.69, 9.17) is 4.74 Å². The minimum Gasteiger partial charge on any atom is -0.480 e. The molecule has 31 heavy (non-hydrogen) atoms. The molecular weight excluding hydrogens is 388 g/mol. The maximum atomic E-state index is 12.9. The molecule has 5 heteroatoms. The van der Waals surface area contributed by atoms with Gasteiger partial charge in [0.05, 0.1) is 11.3 Å². The van der Waals surface area contributed by atoms with E-state index in [9.17, 15) is 9.59 Å². The number of carbonyl (C=O) groups excluding carboxylic acids is 2. The van der Waals surface area contributed by atoms with Gasteiger partial charge in [-0.1, -0.05) is 67.6 Å². The standard InChI is InChI=1S/C26H28N2O3/c1-3-23(31-24-16-10-7-11-19(24)2)26(30)28-22-15-9-8-14-21(22)25(29)27-18-17-20-12-5-4-6-13-20/h4-16,23H,3,17-18H2,1-2H3,(H,27,29)(H,28,30)/t23-/m0/s1. The molecule has 0 aliphatic carbocycles. The summed E-state index contributed by atoms with van der Waals surface area (Å²) in [4.78, 5) is 25.6. The number of benzene rings is 3. The van der Waals surface area contributed by atoms with Gasteiger partial charge in [0.1, 0.15) is 5.75 Å². The maximum absolute atomic E-state index is 12.9. The van der Waals surface area contributed by atoms with Crippen molar-refractivity contribution in [3.05, 3.63) is 95.6 Å². The molecule has 0 fully saturated rings. The third-order valence-corrected chi connectivity index (χ3v) is 5.00. The Morgan fingerprint density at radius 1 is 0.903 bits per heavy atom. The summed E-state index contributed by atoms with van der Waals surface area (Å²) in [5, 5.41) is 5.80. The number of carbonyl (C=O) groups is 2. The third kappa shape index (κ3) is 6.19. The van der Waals surface area contributed by atoms with Crippen LogP contribution in [0.25, 0.3) is 0 Å². The van der Waals surface area contributed by atoms with Crippen LogP contribution in [0.5, 0.6) is 5.75 Å². The fourth-order valence-corrected chi connectivity index (χ4v) is 3.23. The van der Waals surface area contributed by atoms with Gasteiger partial charge in [-0.25, -0.2) is 0 Å². The Bertz CT molecular complexity index is 1020. The van der Waals surface area contributed by atoms with Gasteiger partial charge in [0.15, 0.2) is 6.10 Å². The van der Waals surface area contributed by atoms with E-state index in [0.717, 1.165) is 17.5 Å². The lowest BCUT2D eigenvalue weighted by molar-refractivity contribution is -0.122. The average Bonchev–Trinajstić information content (AvgIpc) is 2.79. The molecular formula is C26H28N2O3. The molecule has 3 aromatic rings. The molecule has 0 unspecified atom stereocenters. The molecule has 160 valence electrons. The first-order valence-corrected chi connectivity index (χ1v) is 10.5. The zero-order valence-electron chi connectivity index (χ0n) is 17.9. The highest BCUT2D eigenvalue weighted by Gasteiger charge is 2.21. The molecule has 0 bridgehead atoms. The Morgan fingerprint density at radius 3 is 2.32 bits per heavy atom. The molecule has 0 radical (unpaired) electrons. The predicted molar refractivity (Wildman–Crippen MR) is 123 cm³/mol. The van der Waals surface area contributed by atoms with Crippen molar-refractivity contribution in [2.45, 2.75) is 32.8 Å². The van der Waals surface area contributed by atoms with E-state index in [0.29, 0.717) is 30.0 Å². The van der Waals surface area contributed by atoms with Crippen molar-refractivity contribution in [1.29, 1.82) is 0 Å². The van der Waals surface area contributed by atoms with Crippen LogP contribution in [0.4, 0.5) is 5.69 Å². The van der Waals surface area contributed by atoms with Crippen molar-refractivity contribution in [3.63, 3.8) is 0 Å². The molecule has 3 aromatic carbocycles. The zero-order chi connectivity index (χ0) is 22.1. The minimum atomic E-state index is -0.657. The van der Waals surface area contributed by atoms with Crippen molar-refractivity contribution in [1.82, 2.24) is 5.32 Å². The number of nitrogens with one attached hydrogen (secondary N) is 2. The molecule has 3 rings (SSSR count). The first kappa shape index (κ1) is 22.1. The van der Waals surface area contributed by atoms with Crippen LogP contribution in [-0.4, -0.2) is 24.5 Å². The molecule has 0 spiro atoms. The minimum absolute atomic E-state index is 0.222. The Hall–Kier alpha value is -3.60. The normalized spacial score (nSPS) is 11.4. The van der Waals surface area contributed by atoms with Gasteiger partial charge in [-0.2, -0.15) is 0 Å². The number of para-hydroxylation sites is 2. The van der Waals surface area contributed by atoms with Crippen LogP contribution in [0.2, 0.25) is 0 Å². The molecule has 0 saturated carbocycles. The van der Waals surface area contributed by atoms with Crippen molar-refractivity contribution in [2.75, 3.05) is 11.9 Å². The summed E-state index contributed by atoms with van der Waals surface area (Å²) in [5.74, 6) is 0.173. The highest BCUT2D eigenvalue weighted by molar-refractivity contribution is 6.04. The second-order valence-electron chi connectivity index (χ2n) is 7.31. The van der Waals surface area contributed by atoms with Crippen molar-refractivity contribution >= 4 is 17.5 Å². The van der Waals surface area contributed by atoms with Crippen LogP contribution < -0.4 is 15.4 Å². The highest BCUT2D eigenvalue weighted by Crippen LogP contribution is 2.21. The third-order valence-electron chi connectivity index (χ3n) is 5.00. The van der Waals surface area contributed by atoms with Crippen LogP contribution in [0, 0.1) is 6.92 Å². The molecule has 0 saturated heterocycles. The van der Waals surface area contributed by atoms with E-state index in [1.807, 2.05) is 68.4 Å². The topological polar surface area (TPSA) is 67.4 Å². The van der Waals surface area contributed by atoms with Gasteiger partial charge in [0.2, 0.25) is 0 Å². The summed E-state index contributed by atoms with van der Waals surface area (Å²) < 4.78 is 5.93.